The molecule has 0 fully saturated rings. The van der Waals surface area contributed by atoms with E-state index < -0.39 is 9.84 Å². The largest absolute Gasteiger partial charge is 0.489 e. The number of rotatable bonds is 5. The van der Waals surface area contributed by atoms with Crippen LogP contribution >= 0.6 is 0 Å². The minimum atomic E-state index is -3.27. The predicted octanol–water partition coefficient (Wildman–Crippen LogP) is 2.65. The second kappa shape index (κ2) is 6.23. The number of aromatic nitrogens is 1. The number of anilines is 1. The van der Waals surface area contributed by atoms with Gasteiger partial charge in [0.2, 0.25) is 5.88 Å². The van der Waals surface area contributed by atoms with Crippen LogP contribution in [0.15, 0.2) is 41.4 Å². The van der Waals surface area contributed by atoms with E-state index in [-0.39, 0.29) is 16.9 Å². The molecule has 0 aliphatic rings. The Morgan fingerprint density at radius 3 is 2.45 bits per heavy atom. The number of sulfone groups is 1. The number of hydrogen-bond acceptors (Lipinski definition) is 6. The first-order valence-electron chi connectivity index (χ1n) is 6.66. The summed E-state index contributed by atoms with van der Waals surface area (Å²) in [6, 6.07) is 7.98. The van der Waals surface area contributed by atoms with Crippen LogP contribution in [0.5, 0.6) is 17.4 Å². The number of hydrogen-bond donors (Lipinski definition) is 1. The van der Waals surface area contributed by atoms with Crippen molar-refractivity contribution >= 4 is 15.5 Å². The summed E-state index contributed by atoms with van der Waals surface area (Å²) in [5.74, 6) is 1.32. The smallest absolute Gasteiger partial charge is 0.219 e. The van der Waals surface area contributed by atoms with Crippen molar-refractivity contribution in [3.8, 4) is 17.4 Å². The molecule has 0 aliphatic carbocycles. The fourth-order valence-electron chi connectivity index (χ4n) is 1.70. The molecule has 1 aromatic carbocycles. The van der Waals surface area contributed by atoms with Crippen LogP contribution in [-0.2, 0) is 9.84 Å². The van der Waals surface area contributed by atoms with Crippen LogP contribution in [0.4, 0.5) is 5.69 Å². The first-order valence-corrected chi connectivity index (χ1v) is 8.55. The van der Waals surface area contributed by atoms with E-state index >= 15 is 0 Å². The third-order valence-corrected chi connectivity index (χ3v) is 3.81. The molecular weight excluding hydrogens is 304 g/mol. The zero-order valence-corrected chi connectivity index (χ0v) is 13.4. The van der Waals surface area contributed by atoms with Crippen LogP contribution in [0, 0.1) is 0 Å². The van der Waals surface area contributed by atoms with Crippen LogP contribution in [0.3, 0.4) is 0 Å². The molecule has 2 aromatic rings. The molecule has 0 aliphatic heterocycles. The van der Waals surface area contributed by atoms with E-state index in [0.717, 1.165) is 6.26 Å². The highest BCUT2D eigenvalue weighted by Crippen LogP contribution is 2.30. The SMILES string of the molecule is CC(C)Oc1cc(Oc2ccc(S(C)(=O)=O)cn2)ccc1N. The lowest BCUT2D eigenvalue weighted by molar-refractivity contribution is 0.243. The van der Waals surface area contributed by atoms with Crippen LogP contribution < -0.4 is 15.2 Å². The molecule has 0 spiro atoms. The van der Waals surface area contributed by atoms with Crippen molar-refractivity contribution < 1.29 is 17.9 Å². The van der Waals surface area contributed by atoms with Gasteiger partial charge in [0.1, 0.15) is 11.5 Å². The van der Waals surface area contributed by atoms with Gasteiger partial charge in [-0.25, -0.2) is 13.4 Å². The van der Waals surface area contributed by atoms with Gasteiger partial charge < -0.3 is 15.2 Å². The van der Waals surface area contributed by atoms with Gasteiger partial charge in [-0.05, 0) is 32.0 Å². The quantitative estimate of drug-likeness (QED) is 0.851. The van der Waals surface area contributed by atoms with Gasteiger partial charge in [0.15, 0.2) is 9.84 Å². The summed E-state index contributed by atoms with van der Waals surface area (Å²) in [7, 11) is -3.27. The fraction of sp³-hybridized carbons (Fsp3) is 0.267. The topological polar surface area (TPSA) is 91.5 Å². The van der Waals surface area contributed by atoms with Crippen molar-refractivity contribution in [2.24, 2.45) is 0 Å². The molecule has 7 heteroatoms. The fourth-order valence-corrected chi connectivity index (χ4v) is 2.26. The molecule has 0 radical (unpaired) electrons. The standard InChI is InChI=1S/C15H18N2O4S/c1-10(2)20-14-8-11(4-6-13(14)16)21-15-7-5-12(9-17-15)22(3,18)19/h4-10H,16H2,1-3H3. The minimum Gasteiger partial charge on any atom is -0.489 e. The van der Waals surface area contributed by atoms with Crippen molar-refractivity contribution in [2.45, 2.75) is 24.8 Å². The van der Waals surface area contributed by atoms with Gasteiger partial charge in [-0.1, -0.05) is 0 Å². The summed E-state index contributed by atoms with van der Waals surface area (Å²) >= 11 is 0. The molecule has 0 atom stereocenters. The van der Waals surface area contributed by atoms with Crippen molar-refractivity contribution in [3.05, 3.63) is 36.5 Å². The van der Waals surface area contributed by atoms with E-state index in [1.165, 1.54) is 18.3 Å². The number of benzene rings is 1. The van der Waals surface area contributed by atoms with Gasteiger partial charge >= 0.3 is 0 Å². The van der Waals surface area contributed by atoms with E-state index in [4.69, 9.17) is 15.2 Å². The summed E-state index contributed by atoms with van der Waals surface area (Å²) in [5.41, 5.74) is 6.35. The number of nitrogens with two attached hydrogens (primary N) is 1. The van der Waals surface area contributed by atoms with Gasteiger partial charge in [0, 0.05) is 24.6 Å². The van der Waals surface area contributed by atoms with Gasteiger partial charge in [-0.2, -0.15) is 0 Å². The third-order valence-electron chi connectivity index (χ3n) is 2.71. The summed E-state index contributed by atoms with van der Waals surface area (Å²) in [6.45, 7) is 3.80. The summed E-state index contributed by atoms with van der Waals surface area (Å²) in [6.07, 6.45) is 2.37. The van der Waals surface area contributed by atoms with E-state index in [2.05, 4.69) is 4.98 Å². The van der Waals surface area contributed by atoms with E-state index in [9.17, 15) is 8.42 Å². The molecule has 2 N–H and O–H groups in total. The van der Waals surface area contributed by atoms with Crippen molar-refractivity contribution in [1.29, 1.82) is 0 Å². The Morgan fingerprint density at radius 1 is 1.18 bits per heavy atom. The molecule has 22 heavy (non-hydrogen) atoms. The van der Waals surface area contributed by atoms with Gasteiger partial charge in [-0.3, -0.25) is 0 Å². The lowest BCUT2D eigenvalue weighted by Crippen LogP contribution is -2.07. The lowest BCUT2D eigenvalue weighted by atomic mass is 10.3. The maximum absolute atomic E-state index is 11.4. The number of nitrogen functional groups attached to an aromatic ring is 1. The number of ether oxygens (including phenoxy) is 2. The van der Waals surface area contributed by atoms with E-state index in [1.54, 1.807) is 18.2 Å². The normalized spacial score (nSPS) is 11.5. The third kappa shape index (κ3) is 4.11. The first-order chi connectivity index (χ1) is 10.3. The molecule has 0 saturated carbocycles. The van der Waals surface area contributed by atoms with Crippen molar-refractivity contribution in [2.75, 3.05) is 12.0 Å². The Balaban J connectivity index is 2.20. The van der Waals surface area contributed by atoms with Crippen LogP contribution in [0.1, 0.15) is 13.8 Å². The molecular formula is C15H18N2O4S. The highest BCUT2D eigenvalue weighted by atomic mass is 32.2. The second-order valence-electron chi connectivity index (χ2n) is 5.07. The maximum atomic E-state index is 11.4. The monoisotopic (exact) mass is 322 g/mol. The molecule has 0 amide bonds. The van der Waals surface area contributed by atoms with Gasteiger partial charge in [-0.15, -0.1) is 0 Å². The Morgan fingerprint density at radius 2 is 1.91 bits per heavy atom. The van der Waals surface area contributed by atoms with Crippen LogP contribution in [0.2, 0.25) is 0 Å². The summed E-state index contributed by atoms with van der Waals surface area (Å²) in [4.78, 5) is 4.12. The molecule has 1 heterocycles. The average molecular weight is 322 g/mol. The summed E-state index contributed by atoms with van der Waals surface area (Å²) in [5, 5.41) is 0. The molecule has 2 rings (SSSR count). The molecule has 0 bridgehead atoms. The lowest BCUT2D eigenvalue weighted by Gasteiger charge is -2.13. The molecule has 0 saturated heterocycles. The van der Waals surface area contributed by atoms with E-state index in [0.29, 0.717) is 17.2 Å². The molecule has 118 valence electrons. The molecule has 6 nitrogen and oxygen atoms in total. The summed E-state index contributed by atoms with van der Waals surface area (Å²) < 4.78 is 33.9. The Kier molecular flexibility index (Phi) is 4.56. The average Bonchev–Trinajstić information content (AvgIpc) is 2.41. The zero-order valence-electron chi connectivity index (χ0n) is 12.6. The van der Waals surface area contributed by atoms with Gasteiger partial charge in [0.25, 0.3) is 0 Å². The Bertz CT molecular complexity index is 756. The number of pyridine rings is 1. The maximum Gasteiger partial charge on any atom is 0.219 e. The van der Waals surface area contributed by atoms with Crippen LogP contribution in [-0.4, -0.2) is 25.8 Å². The Hall–Kier alpha value is -2.28. The van der Waals surface area contributed by atoms with Crippen molar-refractivity contribution in [3.63, 3.8) is 0 Å². The molecule has 1 aromatic heterocycles. The Labute approximate surface area is 129 Å². The first kappa shape index (κ1) is 16.1. The van der Waals surface area contributed by atoms with Crippen molar-refractivity contribution in [1.82, 2.24) is 4.98 Å². The second-order valence-corrected chi connectivity index (χ2v) is 7.09. The highest BCUT2D eigenvalue weighted by Gasteiger charge is 2.09. The predicted molar refractivity (Wildman–Crippen MR) is 84.0 cm³/mol. The number of nitrogens with zero attached hydrogens (tertiary/aromatic N) is 1. The van der Waals surface area contributed by atoms with Crippen LogP contribution in [0.25, 0.3) is 0 Å². The molecule has 0 unspecified atom stereocenters. The zero-order chi connectivity index (χ0) is 16.3. The highest BCUT2D eigenvalue weighted by molar-refractivity contribution is 7.90. The van der Waals surface area contributed by atoms with Gasteiger partial charge in [0.05, 0.1) is 16.7 Å². The minimum absolute atomic E-state index is 0.00952. The van der Waals surface area contributed by atoms with E-state index in [1.807, 2.05) is 13.8 Å².